The molecule has 0 saturated carbocycles. The topological polar surface area (TPSA) is 69.7 Å². The number of benzene rings is 2. The number of amides is 1. The molecule has 0 saturated heterocycles. The fourth-order valence-electron chi connectivity index (χ4n) is 2.86. The quantitative estimate of drug-likeness (QED) is 0.914. The number of aryl methyl sites for hydroxylation is 1. The number of sulfonamides is 1. The second-order valence-electron chi connectivity index (χ2n) is 6.31. The maximum absolute atomic E-state index is 12.6. The average molecular weight is 359 g/mol. The second-order valence-corrected chi connectivity index (χ2v) is 7.99. The first kappa shape index (κ1) is 17.3. The number of rotatable bonds is 3. The van der Waals surface area contributed by atoms with Crippen molar-refractivity contribution in [2.45, 2.75) is 24.8 Å². The average Bonchev–Trinajstić information content (AvgIpc) is 2.58. The molecule has 1 N–H and O–H groups in total. The van der Waals surface area contributed by atoms with E-state index in [0.717, 1.165) is 16.9 Å². The Morgan fingerprint density at radius 2 is 1.64 bits per heavy atom. The molecule has 1 heterocycles. The molecular formula is C18H21N3O3S. The molecular weight excluding hydrogens is 338 g/mol. The third kappa shape index (κ3) is 3.07. The van der Waals surface area contributed by atoms with Gasteiger partial charge in [0.25, 0.3) is 10.0 Å². The Labute approximate surface area is 148 Å². The number of nitrogens with one attached hydrogen (secondary N) is 1. The first-order valence-electron chi connectivity index (χ1n) is 7.94. The molecule has 1 aliphatic rings. The Morgan fingerprint density at radius 1 is 1.00 bits per heavy atom. The van der Waals surface area contributed by atoms with Crippen LogP contribution in [-0.4, -0.2) is 34.5 Å². The first-order valence-corrected chi connectivity index (χ1v) is 9.43. The molecule has 7 heteroatoms. The number of carbonyl (C=O) groups is 1. The van der Waals surface area contributed by atoms with Gasteiger partial charge in [0.15, 0.2) is 0 Å². The Morgan fingerprint density at radius 3 is 2.28 bits per heavy atom. The van der Waals surface area contributed by atoms with Crippen molar-refractivity contribution >= 4 is 33.0 Å². The van der Waals surface area contributed by atoms with Crippen molar-refractivity contribution in [2.75, 3.05) is 28.6 Å². The number of carbonyl (C=O) groups excluding carboxylic acids is 1. The summed E-state index contributed by atoms with van der Waals surface area (Å²) in [5.41, 5.74) is 3.01. The molecule has 1 atom stereocenters. The SMILES string of the molecule is Cc1ccc(S(=O)(=O)Nc2ccc3c(c2)N(C)[C@@H](C)C(=O)N3C)cc1. The smallest absolute Gasteiger partial charge is 0.261 e. The van der Waals surface area contributed by atoms with Gasteiger partial charge in [-0.1, -0.05) is 17.7 Å². The van der Waals surface area contributed by atoms with Crippen LogP contribution in [0.5, 0.6) is 0 Å². The summed E-state index contributed by atoms with van der Waals surface area (Å²) in [5.74, 6) is 0.00276. The molecule has 6 nitrogen and oxygen atoms in total. The minimum absolute atomic E-state index is 0.00276. The fraction of sp³-hybridized carbons (Fsp3) is 0.278. The zero-order valence-electron chi connectivity index (χ0n) is 14.6. The lowest BCUT2D eigenvalue weighted by atomic mass is 10.1. The largest absolute Gasteiger partial charge is 0.361 e. The van der Waals surface area contributed by atoms with Gasteiger partial charge in [0, 0.05) is 14.1 Å². The highest BCUT2D eigenvalue weighted by Gasteiger charge is 2.31. The minimum Gasteiger partial charge on any atom is -0.361 e. The summed E-state index contributed by atoms with van der Waals surface area (Å²) in [6.45, 7) is 3.73. The molecule has 1 aliphatic heterocycles. The van der Waals surface area contributed by atoms with Crippen LogP contribution in [0.4, 0.5) is 17.1 Å². The standard InChI is InChI=1S/C18H21N3O3S/c1-12-5-8-15(9-6-12)25(23,24)19-14-7-10-16-17(11-14)20(3)13(2)18(22)21(16)4/h5-11,13,19H,1-4H3/t13-/m0/s1. The molecule has 1 amide bonds. The van der Waals surface area contributed by atoms with Crippen molar-refractivity contribution in [3.8, 4) is 0 Å². The van der Waals surface area contributed by atoms with Crippen molar-refractivity contribution in [2.24, 2.45) is 0 Å². The van der Waals surface area contributed by atoms with Crippen LogP contribution < -0.4 is 14.5 Å². The number of likely N-dealkylation sites (N-methyl/N-ethyl adjacent to an activating group) is 2. The molecule has 25 heavy (non-hydrogen) atoms. The lowest BCUT2D eigenvalue weighted by Gasteiger charge is -2.38. The van der Waals surface area contributed by atoms with E-state index in [4.69, 9.17) is 0 Å². The van der Waals surface area contributed by atoms with Gasteiger partial charge < -0.3 is 9.80 Å². The van der Waals surface area contributed by atoms with Gasteiger partial charge in [-0.05, 0) is 44.2 Å². The maximum Gasteiger partial charge on any atom is 0.261 e. The third-order valence-corrected chi connectivity index (χ3v) is 5.97. The molecule has 0 aromatic heterocycles. The van der Waals surface area contributed by atoms with Crippen LogP contribution in [0.1, 0.15) is 12.5 Å². The van der Waals surface area contributed by atoms with Gasteiger partial charge >= 0.3 is 0 Å². The minimum atomic E-state index is -3.66. The zero-order chi connectivity index (χ0) is 18.4. The van der Waals surface area contributed by atoms with Crippen LogP contribution >= 0.6 is 0 Å². The normalized spacial score (nSPS) is 17.4. The Balaban J connectivity index is 1.95. The summed E-state index contributed by atoms with van der Waals surface area (Å²) < 4.78 is 27.7. The molecule has 0 bridgehead atoms. The van der Waals surface area contributed by atoms with Gasteiger partial charge in [0.1, 0.15) is 6.04 Å². The van der Waals surface area contributed by atoms with Crippen LogP contribution in [0, 0.1) is 6.92 Å². The predicted molar refractivity (Wildman–Crippen MR) is 99.7 cm³/mol. The van der Waals surface area contributed by atoms with Gasteiger partial charge in [-0.2, -0.15) is 0 Å². The van der Waals surface area contributed by atoms with Crippen LogP contribution in [0.25, 0.3) is 0 Å². The van der Waals surface area contributed by atoms with Crippen molar-refractivity contribution in [3.05, 3.63) is 48.0 Å². The highest BCUT2D eigenvalue weighted by Crippen LogP contribution is 2.36. The van der Waals surface area contributed by atoms with Gasteiger partial charge in [-0.3, -0.25) is 9.52 Å². The molecule has 0 spiro atoms. The van der Waals surface area contributed by atoms with E-state index in [2.05, 4.69) is 4.72 Å². The summed E-state index contributed by atoms with van der Waals surface area (Å²) in [7, 11) is -0.112. The second kappa shape index (κ2) is 6.07. The predicted octanol–water partition coefficient (Wildman–Crippen LogP) is 2.60. The fourth-order valence-corrected chi connectivity index (χ4v) is 3.91. The lowest BCUT2D eigenvalue weighted by Crippen LogP contribution is -2.48. The van der Waals surface area contributed by atoms with Crippen LogP contribution in [0.15, 0.2) is 47.4 Å². The molecule has 0 fully saturated rings. The number of hydrogen-bond donors (Lipinski definition) is 1. The molecule has 3 rings (SSSR count). The van der Waals surface area contributed by atoms with Gasteiger partial charge in [-0.15, -0.1) is 0 Å². The third-order valence-electron chi connectivity index (χ3n) is 4.57. The highest BCUT2D eigenvalue weighted by molar-refractivity contribution is 7.92. The molecule has 2 aromatic carbocycles. The number of fused-ring (bicyclic) bond motifs is 1. The van der Waals surface area contributed by atoms with E-state index < -0.39 is 10.0 Å². The Hall–Kier alpha value is -2.54. The molecule has 0 unspecified atom stereocenters. The zero-order valence-corrected chi connectivity index (χ0v) is 15.5. The number of anilines is 3. The van der Waals surface area contributed by atoms with E-state index in [1.165, 1.54) is 0 Å². The molecule has 2 aromatic rings. The Kier molecular flexibility index (Phi) is 4.20. The van der Waals surface area contributed by atoms with Crippen LogP contribution in [0.3, 0.4) is 0 Å². The van der Waals surface area contributed by atoms with E-state index in [-0.39, 0.29) is 16.8 Å². The van der Waals surface area contributed by atoms with E-state index in [0.29, 0.717) is 5.69 Å². The van der Waals surface area contributed by atoms with E-state index >= 15 is 0 Å². The first-order chi connectivity index (χ1) is 11.7. The maximum atomic E-state index is 12.6. The summed E-state index contributed by atoms with van der Waals surface area (Å²) >= 11 is 0. The van der Waals surface area contributed by atoms with Crippen molar-refractivity contribution in [1.82, 2.24) is 0 Å². The van der Waals surface area contributed by atoms with Gasteiger partial charge in [0.05, 0.1) is 22.0 Å². The van der Waals surface area contributed by atoms with Crippen molar-refractivity contribution < 1.29 is 13.2 Å². The van der Waals surface area contributed by atoms with E-state index in [9.17, 15) is 13.2 Å². The number of hydrogen-bond acceptors (Lipinski definition) is 4. The van der Waals surface area contributed by atoms with Crippen molar-refractivity contribution in [1.29, 1.82) is 0 Å². The highest BCUT2D eigenvalue weighted by atomic mass is 32.2. The summed E-state index contributed by atoms with van der Waals surface area (Å²) in [6.07, 6.45) is 0. The van der Waals surface area contributed by atoms with E-state index in [1.54, 1.807) is 54.4 Å². The van der Waals surface area contributed by atoms with Crippen LogP contribution in [-0.2, 0) is 14.8 Å². The van der Waals surface area contributed by atoms with Crippen molar-refractivity contribution in [3.63, 3.8) is 0 Å². The molecule has 0 radical (unpaired) electrons. The number of nitrogens with zero attached hydrogens (tertiary/aromatic N) is 2. The molecule has 132 valence electrons. The molecule has 0 aliphatic carbocycles. The van der Waals surface area contributed by atoms with Gasteiger partial charge in [-0.25, -0.2) is 8.42 Å². The van der Waals surface area contributed by atoms with E-state index in [1.807, 2.05) is 25.8 Å². The monoisotopic (exact) mass is 359 g/mol. The summed E-state index contributed by atoms with van der Waals surface area (Å²) in [5, 5.41) is 0. The summed E-state index contributed by atoms with van der Waals surface area (Å²) in [6, 6.07) is 11.5. The Bertz CT molecular complexity index is 923. The van der Waals surface area contributed by atoms with Gasteiger partial charge in [0.2, 0.25) is 5.91 Å². The summed E-state index contributed by atoms with van der Waals surface area (Å²) in [4.78, 5) is 15.9. The van der Waals surface area contributed by atoms with Crippen LogP contribution in [0.2, 0.25) is 0 Å². The lowest BCUT2D eigenvalue weighted by molar-refractivity contribution is -0.119.